The fraction of sp³-hybridized carbons (Fsp3) is 0.633. The van der Waals surface area contributed by atoms with Gasteiger partial charge in [0.25, 0.3) is 0 Å². The van der Waals surface area contributed by atoms with Crippen LogP contribution in [0.15, 0.2) is 24.3 Å². The number of urea groups is 1. The predicted octanol–water partition coefficient (Wildman–Crippen LogP) is 2.57. The SMILES string of the molecule is CC(C)NCCCCC(=O)NC(C(=O)N[C@@H](CCCNC(N)=O)C(=O)Nc1ccc(COC(=O)C(C)C)cc1)C(C)C. The number of rotatable bonds is 19. The molecule has 0 aromatic heterocycles. The van der Waals surface area contributed by atoms with Crippen LogP contribution in [0, 0.1) is 11.8 Å². The van der Waals surface area contributed by atoms with Gasteiger partial charge in [0.2, 0.25) is 17.7 Å². The standard InChI is InChI=1S/C30H50N6O6/c1-19(2)26(36-25(37)11-7-8-16-32-21(5)6)28(39)35-24(10-9-17-33-30(31)41)27(38)34-23-14-12-22(13-15-23)18-42-29(40)20(3)4/h12-15,19-21,24,26,32H,7-11,16-18H2,1-6H3,(H,34,38)(H,35,39)(H,36,37)(H3,31,33,41)/t24-,26?/m0/s1. The van der Waals surface area contributed by atoms with Crippen LogP contribution in [-0.4, -0.2) is 60.9 Å². The first-order valence-corrected chi connectivity index (χ1v) is 14.7. The second-order valence-electron chi connectivity index (χ2n) is 11.3. The lowest BCUT2D eigenvalue weighted by Gasteiger charge is -2.25. The number of nitrogens with one attached hydrogen (secondary N) is 5. The Bertz CT molecular complexity index is 1010. The maximum atomic E-state index is 13.3. The van der Waals surface area contributed by atoms with Crippen molar-refractivity contribution in [2.75, 3.05) is 18.4 Å². The molecule has 0 radical (unpaired) electrons. The molecule has 2 atom stereocenters. The van der Waals surface area contributed by atoms with E-state index in [1.807, 2.05) is 13.8 Å². The zero-order valence-electron chi connectivity index (χ0n) is 25.9. The van der Waals surface area contributed by atoms with E-state index in [0.717, 1.165) is 18.5 Å². The number of carbonyl (C=O) groups is 5. The second kappa shape index (κ2) is 19.5. The highest BCUT2D eigenvalue weighted by atomic mass is 16.5. The van der Waals surface area contributed by atoms with Crippen LogP contribution < -0.4 is 32.3 Å². The quantitative estimate of drug-likeness (QED) is 0.106. The van der Waals surface area contributed by atoms with E-state index in [-0.39, 0.29) is 43.3 Å². The summed E-state index contributed by atoms with van der Waals surface area (Å²) in [6.07, 6.45) is 2.43. The van der Waals surface area contributed by atoms with Gasteiger partial charge in [0.15, 0.2) is 0 Å². The molecule has 0 aliphatic rings. The van der Waals surface area contributed by atoms with Crippen molar-refractivity contribution in [3.05, 3.63) is 29.8 Å². The van der Waals surface area contributed by atoms with E-state index in [0.29, 0.717) is 31.0 Å². The molecule has 0 aliphatic heterocycles. The van der Waals surface area contributed by atoms with Crippen LogP contribution in [0.25, 0.3) is 0 Å². The number of amides is 5. The molecule has 0 saturated heterocycles. The van der Waals surface area contributed by atoms with Gasteiger partial charge in [-0.1, -0.05) is 53.7 Å². The summed E-state index contributed by atoms with van der Waals surface area (Å²) in [5.41, 5.74) is 6.39. The van der Waals surface area contributed by atoms with E-state index in [1.165, 1.54) is 0 Å². The Morgan fingerprint density at radius 3 is 2.07 bits per heavy atom. The molecule has 236 valence electrons. The van der Waals surface area contributed by atoms with Crippen LogP contribution in [0.1, 0.15) is 79.2 Å². The largest absolute Gasteiger partial charge is 0.461 e. The molecular formula is C30H50N6O6. The van der Waals surface area contributed by atoms with Gasteiger partial charge in [0.1, 0.15) is 18.7 Å². The molecule has 12 nitrogen and oxygen atoms in total. The molecule has 1 aromatic rings. The van der Waals surface area contributed by atoms with Crippen LogP contribution in [0.4, 0.5) is 10.5 Å². The summed E-state index contributed by atoms with van der Waals surface area (Å²) in [7, 11) is 0. The Morgan fingerprint density at radius 1 is 0.833 bits per heavy atom. The lowest BCUT2D eigenvalue weighted by Crippen LogP contribution is -2.54. The fourth-order valence-electron chi connectivity index (χ4n) is 3.86. The Hall–Kier alpha value is -3.67. The minimum atomic E-state index is -0.931. The maximum Gasteiger partial charge on any atom is 0.312 e. The summed E-state index contributed by atoms with van der Waals surface area (Å²) in [4.78, 5) is 61.8. The Kier molecular flexibility index (Phi) is 16.8. The first-order valence-electron chi connectivity index (χ1n) is 14.7. The summed E-state index contributed by atoms with van der Waals surface area (Å²) < 4.78 is 5.23. The molecule has 0 spiro atoms. The highest BCUT2D eigenvalue weighted by Gasteiger charge is 2.28. The summed E-state index contributed by atoms with van der Waals surface area (Å²) in [6, 6.07) is 4.77. The third-order valence-corrected chi connectivity index (χ3v) is 6.32. The van der Waals surface area contributed by atoms with E-state index >= 15 is 0 Å². The molecule has 1 aromatic carbocycles. The van der Waals surface area contributed by atoms with Gasteiger partial charge < -0.3 is 37.1 Å². The van der Waals surface area contributed by atoms with Crippen molar-refractivity contribution in [2.24, 2.45) is 17.6 Å². The number of hydrogen-bond donors (Lipinski definition) is 6. The van der Waals surface area contributed by atoms with E-state index in [4.69, 9.17) is 10.5 Å². The number of esters is 1. The molecule has 5 amide bonds. The number of anilines is 1. The van der Waals surface area contributed by atoms with Gasteiger partial charge in [-0.05, 0) is 55.8 Å². The molecule has 0 fully saturated rings. The van der Waals surface area contributed by atoms with E-state index in [1.54, 1.807) is 38.1 Å². The van der Waals surface area contributed by atoms with Crippen molar-refractivity contribution in [3.8, 4) is 0 Å². The number of carbonyl (C=O) groups excluding carboxylic acids is 5. The summed E-state index contributed by atoms with van der Waals surface area (Å²) >= 11 is 0. The van der Waals surface area contributed by atoms with Crippen molar-refractivity contribution < 1.29 is 28.7 Å². The molecule has 1 rings (SSSR count). The third-order valence-electron chi connectivity index (χ3n) is 6.32. The number of hydrogen-bond acceptors (Lipinski definition) is 7. The van der Waals surface area contributed by atoms with Crippen LogP contribution in [-0.2, 0) is 30.5 Å². The number of unbranched alkanes of at least 4 members (excludes halogenated alkanes) is 1. The Balaban J connectivity index is 2.83. The Labute approximate surface area is 249 Å². The number of primary amides is 1. The lowest BCUT2D eigenvalue weighted by atomic mass is 10.0. The molecule has 0 heterocycles. The van der Waals surface area contributed by atoms with Crippen LogP contribution >= 0.6 is 0 Å². The highest BCUT2D eigenvalue weighted by molar-refractivity contribution is 5.98. The predicted molar refractivity (Wildman–Crippen MR) is 162 cm³/mol. The van der Waals surface area contributed by atoms with E-state index in [9.17, 15) is 24.0 Å². The lowest BCUT2D eigenvalue weighted by molar-refractivity contribution is -0.148. The molecule has 1 unspecified atom stereocenters. The zero-order valence-corrected chi connectivity index (χ0v) is 25.9. The molecule has 0 saturated carbocycles. The fourth-order valence-corrected chi connectivity index (χ4v) is 3.86. The number of benzene rings is 1. The van der Waals surface area contributed by atoms with Crippen molar-refractivity contribution in [3.63, 3.8) is 0 Å². The molecule has 42 heavy (non-hydrogen) atoms. The minimum absolute atomic E-state index is 0.119. The minimum Gasteiger partial charge on any atom is -0.461 e. The molecule has 0 aliphatic carbocycles. The normalized spacial score (nSPS) is 12.5. The van der Waals surface area contributed by atoms with Gasteiger partial charge in [0.05, 0.1) is 5.92 Å². The topological polar surface area (TPSA) is 181 Å². The molecule has 12 heteroatoms. The average molecular weight is 591 g/mol. The monoisotopic (exact) mass is 590 g/mol. The third kappa shape index (κ3) is 15.4. The van der Waals surface area contributed by atoms with Crippen LogP contribution in [0.5, 0.6) is 0 Å². The molecule has 0 bridgehead atoms. The first-order chi connectivity index (χ1) is 19.8. The van der Waals surface area contributed by atoms with Crippen LogP contribution in [0.3, 0.4) is 0 Å². The first kappa shape index (κ1) is 36.4. The van der Waals surface area contributed by atoms with Crippen molar-refractivity contribution in [2.45, 2.75) is 98.4 Å². The van der Waals surface area contributed by atoms with Gasteiger partial charge in [-0.2, -0.15) is 0 Å². The van der Waals surface area contributed by atoms with Gasteiger partial charge >= 0.3 is 12.0 Å². The number of ether oxygens (including phenoxy) is 1. The van der Waals surface area contributed by atoms with Crippen LogP contribution in [0.2, 0.25) is 0 Å². The summed E-state index contributed by atoms with van der Waals surface area (Å²) in [5.74, 6) is -1.88. The molecular weight excluding hydrogens is 540 g/mol. The number of nitrogens with two attached hydrogens (primary N) is 1. The molecule has 7 N–H and O–H groups in total. The van der Waals surface area contributed by atoms with Crippen molar-refractivity contribution >= 4 is 35.4 Å². The van der Waals surface area contributed by atoms with Gasteiger partial charge in [0, 0.05) is 24.7 Å². The van der Waals surface area contributed by atoms with E-state index in [2.05, 4.69) is 40.4 Å². The average Bonchev–Trinajstić information content (AvgIpc) is 2.91. The van der Waals surface area contributed by atoms with Gasteiger partial charge in [-0.3, -0.25) is 19.2 Å². The van der Waals surface area contributed by atoms with E-state index < -0.39 is 29.9 Å². The highest BCUT2D eigenvalue weighted by Crippen LogP contribution is 2.13. The van der Waals surface area contributed by atoms with Gasteiger partial charge in [-0.15, -0.1) is 0 Å². The Morgan fingerprint density at radius 2 is 1.50 bits per heavy atom. The summed E-state index contributed by atoms with van der Waals surface area (Å²) in [5, 5.41) is 14.2. The smallest absolute Gasteiger partial charge is 0.312 e. The second-order valence-corrected chi connectivity index (χ2v) is 11.3. The zero-order chi connectivity index (χ0) is 31.7. The van der Waals surface area contributed by atoms with Crippen molar-refractivity contribution in [1.82, 2.24) is 21.3 Å². The van der Waals surface area contributed by atoms with Crippen molar-refractivity contribution in [1.29, 1.82) is 0 Å². The van der Waals surface area contributed by atoms with Gasteiger partial charge in [-0.25, -0.2) is 4.79 Å². The maximum absolute atomic E-state index is 13.3. The summed E-state index contributed by atoms with van der Waals surface area (Å²) in [6.45, 7) is 12.4.